The maximum Gasteiger partial charge on any atom is 0.271 e. The summed E-state index contributed by atoms with van der Waals surface area (Å²) < 4.78 is 5.08. The predicted molar refractivity (Wildman–Crippen MR) is 116 cm³/mol. The first-order valence-electron chi connectivity index (χ1n) is 8.84. The number of rotatable bonds is 6. The lowest BCUT2D eigenvalue weighted by Gasteiger charge is -2.07. The monoisotopic (exact) mass is 423 g/mol. The molecule has 152 valence electrons. The van der Waals surface area contributed by atoms with Crippen LogP contribution >= 0.6 is 11.6 Å². The molecular weight excluding hydrogens is 406 g/mol. The molecule has 7 nitrogen and oxygen atoms in total. The number of halogens is 1. The summed E-state index contributed by atoms with van der Waals surface area (Å²) in [5, 5.41) is 16.7. The summed E-state index contributed by atoms with van der Waals surface area (Å²) in [6.45, 7) is 0. The van der Waals surface area contributed by atoms with Crippen molar-refractivity contribution in [2.75, 3.05) is 12.4 Å². The number of amides is 2. The number of ether oxygens (including phenoxy) is 1. The number of nitrogens with zero attached hydrogens (tertiary/aromatic N) is 1. The van der Waals surface area contributed by atoms with Gasteiger partial charge in [-0.2, -0.15) is 5.10 Å². The van der Waals surface area contributed by atoms with E-state index in [0.29, 0.717) is 33.1 Å². The van der Waals surface area contributed by atoms with Gasteiger partial charge in [0.1, 0.15) is 11.5 Å². The molecule has 0 atom stereocenters. The first kappa shape index (κ1) is 20.9. The van der Waals surface area contributed by atoms with E-state index in [0.717, 1.165) is 0 Å². The number of aromatic hydroxyl groups is 1. The standard InChI is InChI=1S/C22H18ClN3O4/c1-30-17-10-11-20(27)15(12-17)13-24-26-21(28)14-6-8-16(9-7-14)25-22(29)18-4-2-3-5-19(18)23/h2-13,27H,1H3,(H,25,29)(H,26,28). The number of methoxy groups -OCH3 is 1. The quantitative estimate of drug-likeness (QED) is 0.411. The topological polar surface area (TPSA) is 100 Å². The molecule has 3 N–H and O–H groups in total. The Bertz CT molecular complexity index is 1100. The molecule has 0 aromatic heterocycles. The number of phenolic OH excluding ortho intramolecular Hbond substituents is 1. The van der Waals surface area contributed by atoms with Crippen LogP contribution in [-0.4, -0.2) is 30.2 Å². The van der Waals surface area contributed by atoms with Gasteiger partial charge < -0.3 is 15.2 Å². The third-order valence-electron chi connectivity index (χ3n) is 4.13. The number of carbonyl (C=O) groups is 2. The van der Waals surface area contributed by atoms with Crippen LogP contribution in [0.4, 0.5) is 5.69 Å². The van der Waals surface area contributed by atoms with E-state index in [1.807, 2.05) is 0 Å². The minimum Gasteiger partial charge on any atom is -0.507 e. The normalized spacial score (nSPS) is 10.6. The van der Waals surface area contributed by atoms with E-state index in [1.165, 1.54) is 19.4 Å². The van der Waals surface area contributed by atoms with Gasteiger partial charge in [0.15, 0.2) is 0 Å². The number of phenols is 1. The molecule has 0 fully saturated rings. The van der Waals surface area contributed by atoms with Gasteiger partial charge in [-0.3, -0.25) is 9.59 Å². The fourth-order valence-electron chi connectivity index (χ4n) is 2.54. The maximum absolute atomic E-state index is 12.3. The molecule has 0 saturated heterocycles. The van der Waals surface area contributed by atoms with Gasteiger partial charge in [-0.15, -0.1) is 0 Å². The van der Waals surface area contributed by atoms with E-state index in [1.54, 1.807) is 60.7 Å². The lowest BCUT2D eigenvalue weighted by Crippen LogP contribution is -2.18. The highest BCUT2D eigenvalue weighted by atomic mass is 35.5. The molecule has 0 spiro atoms. The van der Waals surface area contributed by atoms with Crippen LogP contribution in [0.15, 0.2) is 71.8 Å². The van der Waals surface area contributed by atoms with Crippen molar-refractivity contribution in [2.24, 2.45) is 5.10 Å². The summed E-state index contributed by atoms with van der Waals surface area (Å²) in [6.07, 6.45) is 1.31. The Balaban J connectivity index is 1.61. The molecule has 3 aromatic carbocycles. The average molecular weight is 424 g/mol. The molecule has 8 heteroatoms. The lowest BCUT2D eigenvalue weighted by molar-refractivity contribution is 0.0954. The highest BCUT2D eigenvalue weighted by molar-refractivity contribution is 6.34. The molecular formula is C22H18ClN3O4. The minimum absolute atomic E-state index is 0.00686. The highest BCUT2D eigenvalue weighted by Crippen LogP contribution is 2.21. The van der Waals surface area contributed by atoms with Crippen molar-refractivity contribution < 1.29 is 19.4 Å². The van der Waals surface area contributed by atoms with E-state index >= 15 is 0 Å². The Labute approximate surface area is 178 Å². The van der Waals surface area contributed by atoms with Crippen molar-refractivity contribution in [3.63, 3.8) is 0 Å². The molecule has 3 rings (SSSR count). The van der Waals surface area contributed by atoms with Gasteiger partial charge >= 0.3 is 0 Å². The molecule has 30 heavy (non-hydrogen) atoms. The van der Waals surface area contributed by atoms with Crippen LogP contribution in [0.1, 0.15) is 26.3 Å². The van der Waals surface area contributed by atoms with Gasteiger partial charge in [-0.25, -0.2) is 5.43 Å². The minimum atomic E-state index is -0.447. The maximum atomic E-state index is 12.3. The van der Waals surface area contributed by atoms with E-state index in [-0.39, 0.29) is 11.7 Å². The molecule has 0 aliphatic rings. The predicted octanol–water partition coefficient (Wildman–Crippen LogP) is 4.07. The summed E-state index contributed by atoms with van der Waals surface area (Å²) >= 11 is 6.02. The molecule has 0 bridgehead atoms. The second-order valence-corrected chi connectivity index (χ2v) is 6.54. The number of carbonyl (C=O) groups excluding carboxylic acids is 2. The van der Waals surface area contributed by atoms with Crippen LogP contribution in [-0.2, 0) is 0 Å². The lowest BCUT2D eigenvalue weighted by atomic mass is 10.1. The Hall–Kier alpha value is -3.84. The number of benzene rings is 3. The zero-order valence-corrected chi connectivity index (χ0v) is 16.7. The number of hydrogen-bond acceptors (Lipinski definition) is 5. The summed E-state index contributed by atoms with van der Waals surface area (Å²) in [5.41, 5.74) is 3.99. The summed E-state index contributed by atoms with van der Waals surface area (Å²) in [4.78, 5) is 24.5. The van der Waals surface area contributed by atoms with Crippen LogP contribution in [0.2, 0.25) is 5.02 Å². The van der Waals surface area contributed by atoms with Crippen LogP contribution in [0, 0.1) is 0 Å². The molecule has 0 radical (unpaired) electrons. The molecule has 0 unspecified atom stereocenters. The van der Waals surface area contributed by atoms with Crippen molar-refractivity contribution in [1.82, 2.24) is 5.43 Å². The van der Waals surface area contributed by atoms with Gasteiger partial charge in [0, 0.05) is 16.8 Å². The Morgan fingerprint density at radius 2 is 1.77 bits per heavy atom. The van der Waals surface area contributed by atoms with Crippen molar-refractivity contribution in [3.05, 3.63) is 88.4 Å². The van der Waals surface area contributed by atoms with E-state index in [9.17, 15) is 14.7 Å². The SMILES string of the molecule is COc1ccc(O)c(C=NNC(=O)c2ccc(NC(=O)c3ccccc3Cl)cc2)c1. The second kappa shape index (κ2) is 9.58. The number of hydrazone groups is 1. The van der Waals surface area contributed by atoms with Gasteiger partial charge in [-0.05, 0) is 54.6 Å². The smallest absolute Gasteiger partial charge is 0.271 e. The van der Waals surface area contributed by atoms with E-state index < -0.39 is 5.91 Å². The van der Waals surface area contributed by atoms with Crippen LogP contribution < -0.4 is 15.5 Å². The van der Waals surface area contributed by atoms with Gasteiger partial charge in [0.2, 0.25) is 0 Å². The third-order valence-corrected chi connectivity index (χ3v) is 4.46. The van der Waals surface area contributed by atoms with E-state index in [2.05, 4.69) is 15.8 Å². The van der Waals surface area contributed by atoms with Gasteiger partial charge in [0.25, 0.3) is 11.8 Å². The van der Waals surface area contributed by atoms with Gasteiger partial charge in [-0.1, -0.05) is 23.7 Å². The van der Waals surface area contributed by atoms with E-state index in [4.69, 9.17) is 16.3 Å². The molecule has 0 saturated carbocycles. The molecule has 0 aliphatic heterocycles. The highest BCUT2D eigenvalue weighted by Gasteiger charge is 2.10. The summed E-state index contributed by atoms with van der Waals surface area (Å²) in [5.74, 6) is -0.236. The van der Waals surface area contributed by atoms with Crippen LogP contribution in [0.5, 0.6) is 11.5 Å². The Morgan fingerprint density at radius 3 is 2.47 bits per heavy atom. The van der Waals surface area contributed by atoms with Crippen molar-refractivity contribution in [2.45, 2.75) is 0 Å². The Morgan fingerprint density at radius 1 is 1.03 bits per heavy atom. The molecule has 2 amide bonds. The van der Waals surface area contributed by atoms with Crippen LogP contribution in [0.25, 0.3) is 0 Å². The zero-order valence-electron chi connectivity index (χ0n) is 15.9. The summed E-state index contributed by atoms with van der Waals surface area (Å²) in [6, 6.07) is 17.7. The molecule has 0 aliphatic carbocycles. The number of hydrogen-bond donors (Lipinski definition) is 3. The fraction of sp³-hybridized carbons (Fsp3) is 0.0455. The molecule has 3 aromatic rings. The summed E-state index contributed by atoms with van der Waals surface area (Å²) in [7, 11) is 1.51. The largest absolute Gasteiger partial charge is 0.507 e. The fourth-order valence-corrected chi connectivity index (χ4v) is 2.76. The molecule has 0 heterocycles. The number of anilines is 1. The zero-order chi connectivity index (χ0) is 21.5. The third kappa shape index (κ3) is 5.15. The average Bonchev–Trinajstić information content (AvgIpc) is 2.75. The first-order valence-corrected chi connectivity index (χ1v) is 9.22. The number of nitrogens with one attached hydrogen (secondary N) is 2. The second-order valence-electron chi connectivity index (χ2n) is 6.14. The van der Waals surface area contributed by atoms with Crippen molar-refractivity contribution in [3.8, 4) is 11.5 Å². The van der Waals surface area contributed by atoms with Crippen molar-refractivity contribution >= 4 is 35.3 Å². The van der Waals surface area contributed by atoms with Gasteiger partial charge in [0.05, 0.1) is 23.9 Å². The van der Waals surface area contributed by atoms with Crippen molar-refractivity contribution in [1.29, 1.82) is 0 Å². The van der Waals surface area contributed by atoms with Crippen LogP contribution in [0.3, 0.4) is 0 Å². The Kier molecular flexibility index (Phi) is 6.67. The first-order chi connectivity index (χ1) is 14.5.